The van der Waals surface area contributed by atoms with Gasteiger partial charge in [0.05, 0.1) is 13.2 Å². The highest BCUT2D eigenvalue weighted by Crippen LogP contribution is 2.28. The van der Waals surface area contributed by atoms with Crippen LogP contribution >= 0.6 is 0 Å². The Morgan fingerprint density at radius 2 is 2.18 bits per heavy atom. The molecule has 2 heteroatoms. The van der Waals surface area contributed by atoms with Gasteiger partial charge in [0, 0.05) is 6.07 Å². The van der Waals surface area contributed by atoms with Crippen molar-refractivity contribution in [3.05, 3.63) is 23.8 Å². The number of aryl methyl sites for hydroxylation is 1. The van der Waals surface area contributed by atoms with E-state index in [1.54, 1.807) is 0 Å². The van der Waals surface area contributed by atoms with Crippen LogP contribution in [0.5, 0.6) is 11.5 Å². The summed E-state index contributed by atoms with van der Waals surface area (Å²) in [6.45, 7) is 6.05. The van der Waals surface area contributed by atoms with E-state index in [-0.39, 0.29) is 0 Å². The van der Waals surface area contributed by atoms with E-state index in [2.05, 4.69) is 26.0 Å². The van der Waals surface area contributed by atoms with E-state index in [0.29, 0.717) is 5.92 Å². The largest absolute Gasteiger partial charge is 0.493 e. The van der Waals surface area contributed by atoms with Crippen LogP contribution in [0.3, 0.4) is 0 Å². The molecule has 1 aliphatic heterocycles. The Labute approximate surface area is 104 Å². The minimum Gasteiger partial charge on any atom is -0.493 e. The Bertz CT molecular complexity index is 358. The smallest absolute Gasteiger partial charge is 0.126 e. The summed E-state index contributed by atoms with van der Waals surface area (Å²) in [5, 5.41) is 0. The van der Waals surface area contributed by atoms with Crippen molar-refractivity contribution in [1.82, 2.24) is 0 Å². The molecule has 1 aromatic carbocycles. The van der Waals surface area contributed by atoms with Gasteiger partial charge in [-0.1, -0.05) is 19.9 Å². The van der Waals surface area contributed by atoms with Crippen molar-refractivity contribution in [3.8, 4) is 11.5 Å². The van der Waals surface area contributed by atoms with Crippen molar-refractivity contribution in [2.24, 2.45) is 5.92 Å². The Kier molecular flexibility index (Phi) is 4.29. The number of benzene rings is 1. The van der Waals surface area contributed by atoms with Crippen molar-refractivity contribution in [1.29, 1.82) is 0 Å². The van der Waals surface area contributed by atoms with Crippen LogP contribution in [0.2, 0.25) is 0 Å². The highest BCUT2D eigenvalue weighted by molar-refractivity contribution is 5.41. The third-order valence-corrected chi connectivity index (χ3v) is 3.10. The third-order valence-electron chi connectivity index (χ3n) is 3.10. The van der Waals surface area contributed by atoms with Crippen molar-refractivity contribution < 1.29 is 9.47 Å². The monoisotopic (exact) mass is 234 g/mol. The van der Waals surface area contributed by atoms with E-state index in [4.69, 9.17) is 9.47 Å². The predicted molar refractivity (Wildman–Crippen MR) is 69.8 cm³/mol. The summed E-state index contributed by atoms with van der Waals surface area (Å²) in [5.41, 5.74) is 1.32. The molecule has 1 aromatic rings. The fourth-order valence-corrected chi connectivity index (χ4v) is 1.98. The van der Waals surface area contributed by atoms with Gasteiger partial charge < -0.3 is 9.47 Å². The van der Waals surface area contributed by atoms with Crippen molar-refractivity contribution >= 4 is 0 Å². The molecule has 1 heterocycles. The number of hydrogen-bond donors (Lipinski definition) is 0. The summed E-state index contributed by atoms with van der Waals surface area (Å²) < 4.78 is 11.5. The van der Waals surface area contributed by atoms with Crippen LogP contribution in [0.4, 0.5) is 0 Å². The second-order valence-electron chi connectivity index (χ2n) is 5.11. The Morgan fingerprint density at radius 3 is 3.00 bits per heavy atom. The van der Waals surface area contributed by atoms with E-state index in [0.717, 1.165) is 44.0 Å². The highest BCUT2D eigenvalue weighted by atomic mass is 16.5. The van der Waals surface area contributed by atoms with Crippen LogP contribution in [0.1, 0.15) is 38.7 Å². The zero-order valence-electron chi connectivity index (χ0n) is 10.9. The molecule has 0 amide bonds. The molecule has 0 aliphatic carbocycles. The second kappa shape index (κ2) is 5.95. The molecule has 0 saturated heterocycles. The molecule has 0 unspecified atom stereocenters. The van der Waals surface area contributed by atoms with Crippen molar-refractivity contribution in [2.45, 2.75) is 39.5 Å². The lowest BCUT2D eigenvalue weighted by molar-refractivity contribution is 0.283. The topological polar surface area (TPSA) is 18.5 Å². The van der Waals surface area contributed by atoms with Crippen LogP contribution in [0.15, 0.2) is 18.2 Å². The van der Waals surface area contributed by atoms with E-state index in [1.807, 2.05) is 6.07 Å². The molecule has 0 radical (unpaired) electrons. The maximum Gasteiger partial charge on any atom is 0.126 e. The number of rotatable bonds is 4. The van der Waals surface area contributed by atoms with E-state index in [9.17, 15) is 0 Å². The van der Waals surface area contributed by atoms with Crippen molar-refractivity contribution in [2.75, 3.05) is 13.2 Å². The first-order valence-electron chi connectivity index (χ1n) is 6.64. The molecule has 0 saturated carbocycles. The number of hydrogen-bond acceptors (Lipinski definition) is 2. The van der Waals surface area contributed by atoms with Crippen LogP contribution in [0.25, 0.3) is 0 Å². The van der Waals surface area contributed by atoms with Gasteiger partial charge in [-0.25, -0.2) is 0 Å². The first kappa shape index (κ1) is 12.3. The molecule has 2 nitrogen and oxygen atoms in total. The zero-order valence-corrected chi connectivity index (χ0v) is 10.9. The molecule has 1 aliphatic rings. The summed E-state index contributed by atoms with van der Waals surface area (Å²) in [4.78, 5) is 0. The zero-order chi connectivity index (χ0) is 12.1. The maximum absolute atomic E-state index is 5.74. The van der Waals surface area contributed by atoms with Crippen LogP contribution in [0, 0.1) is 5.92 Å². The average Bonchev–Trinajstić information content (AvgIpc) is 2.53. The molecule has 0 fully saturated rings. The summed E-state index contributed by atoms with van der Waals surface area (Å²) in [5.74, 6) is 2.64. The maximum atomic E-state index is 5.74. The van der Waals surface area contributed by atoms with Gasteiger partial charge >= 0.3 is 0 Å². The molecule has 0 N–H and O–H groups in total. The number of fused-ring (bicyclic) bond motifs is 1. The van der Waals surface area contributed by atoms with Gasteiger partial charge in [0.15, 0.2) is 0 Å². The lowest BCUT2D eigenvalue weighted by atomic mass is 10.1. The van der Waals surface area contributed by atoms with Gasteiger partial charge in [0.2, 0.25) is 0 Å². The molecule has 0 atom stereocenters. The fourth-order valence-electron chi connectivity index (χ4n) is 1.98. The summed E-state index contributed by atoms with van der Waals surface area (Å²) in [6, 6.07) is 6.25. The molecule has 2 rings (SSSR count). The second-order valence-corrected chi connectivity index (χ2v) is 5.11. The molecular weight excluding hydrogens is 212 g/mol. The molecule has 0 bridgehead atoms. The average molecular weight is 234 g/mol. The summed E-state index contributed by atoms with van der Waals surface area (Å²) >= 11 is 0. The minimum absolute atomic E-state index is 0.687. The minimum atomic E-state index is 0.687. The first-order valence-corrected chi connectivity index (χ1v) is 6.64. The highest BCUT2D eigenvalue weighted by Gasteiger charge is 2.09. The Balaban J connectivity index is 1.97. The van der Waals surface area contributed by atoms with Gasteiger partial charge in [-0.15, -0.1) is 0 Å². The standard InChI is InChI=1S/C15H22O2/c1-12(2)8-10-16-14-7-6-13-5-3-4-9-17-15(13)11-14/h6-7,11-12H,3-5,8-10H2,1-2H3. The van der Waals surface area contributed by atoms with Gasteiger partial charge in [-0.3, -0.25) is 0 Å². The van der Waals surface area contributed by atoms with Crippen LogP contribution in [-0.2, 0) is 6.42 Å². The van der Waals surface area contributed by atoms with Crippen LogP contribution < -0.4 is 9.47 Å². The quantitative estimate of drug-likeness (QED) is 0.788. The Morgan fingerprint density at radius 1 is 1.29 bits per heavy atom. The van der Waals surface area contributed by atoms with Crippen molar-refractivity contribution in [3.63, 3.8) is 0 Å². The van der Waals surface area contributed by atoms with Crippen LogP contribution in [-0.4, -0.2) is 13.2 Å². The van der Waals surface area contributed by atoms with Gasteiger partial charge in [0.25, 0.3) is 0 Å². The normalized spacial score (nSPS) is 15.0. The van der Waals surface area contributed by atoms with Gasteiger partial charge in [-0.2, -0.15) is 0 Å². The van der Waals surface area contributed by atoms with E-state index >= 15 is 0 Å². The summed E-state index contributed by atoms with van der Waals surface area (Å²) in [6.07, 6.45) is 4.60. The molecular formula is C15H22O2. The number of ether oxygens (including phenoxy) is 2. The SMILES string of the molecule is CC(C)CCOc1ccc2c(c1)OCCCC2. The lowest BCUT2D eigenvalue weighted by Crippen LogP contribution is -2.02. The molecule has 17 heavy (non-hydrogen) atoms. The van der Waals surface area contributed by atoms with Gasteiger partial charge in [0.1, 0.15) is 11.5 Å². The lowest BCUT2D eigenvalue weighted by Gasteiger charge is -2.11. The molecule has 0 spiro atoms. The van der Waals surface area contributed by atoms with E-state index < -0.39 is 0 Å². The Hall–Kier alpha value is -1.18. The third kappa shape index (κ3) is 3.65. The van der Waals surface area contributed by atoms with E-state index in [1.165, 1.54) is 12.0 Å². The molecule has 94 valence electrons. The predicted octanol–water partition coefficient (Wildman–Crippen LogP) is 3.83. The molecule has 0 aromatic heterocycles. The summed E-state index contributed by atoms with van der Waals surface area (Å²) in [7, 11) is 0. The van der Waals surface area contributed by atoms with Gasteiger partial charge in [-0.05, 0) is 43.2 Å². The first-order chi connectivity index (χ1) is 8.25. The fraction of sp³-hybridized carbons (Fsp3) is 0.600.